The van der Waals surface area contributed by atoms with E-state index in [1.165, 1.54) is 18.2 Å². The number of aryl methyl sites for hydroxylation is 1. The van der Waals surface area contributed by atoms with Crippen molar-refractivity contribution >= 4 is 23.1 Å². The summed E-state index contributed by atoms with van der Waals surface area (Å²) in [4.78, 5) is 28.3. The topological polar surface area (TPSA) is 67.9 Å². The van der Waals surface area contributed by atoms with Gasteiger partial charge in [0.15, 0.2) is 5.78 Å². The van der Waals surface area contributed by atoms with E-state index in [9.17, 15) is 9.59 Å². The van der Waals surface area contributed by atoms with Crippen LogP contribution in [-0.4, -0.2) is 38.1 Å². The van der Waals surface area contributed by atoms with Crippen LogP contribution < -0.4 is 15.0 Å². The van der Waals surface area contributed by atoms with Gasteiger partial charge in [-0.2, -0.15) is 0 Å². The van der Waals surface area contributed by atoms with Gasteiger partial charge in [-0.05, 0) is 54.4 Å². The molecule has 45 heavy (non-hydrogen) atoms. The molecule has 0 spiro atoms. The Balaban J connectivity index is 1.22. The van der Waals surface area contributed by atoms with Crippen molar-refractivity contribution < 1.29 is 19.1 Å². The van der Waals surface area contributed by atoms with E-state index in [1.54, 1.807) is 24.3 Å². The number of benzene rings is 5. The van der Waals surface area contributed by atoms with E-state index in [0.717, 1.165) is 30.1 Å². The van der Waals surface area contributed by atoms with Crippen LogP contribution in [-0.2, 0) is 22.5 Å². The standard InChI is InChI=1S/C39H38N2O4/c1-29-17-19-31(20-18-29)28-41(33-13-7-4-8-14-33)25-26-45-34-23-21-30(22-24-34)27-37(39(43)44-2)40-36-16-10-9-15-35(36)38(42)32-11-5-3-6-12-32/h3-24,37,40H,25-28H2,1-2H3/t37-/m0/s1. The number of hydrogen-bond donors (Lipinski definition) is 1. The Hall–Kier alpha value is -5.36. The fraction of sp³-hybridized carbons (Fsp3) is 0.179. The van der Waals surface area contributed by atoms with Crippen molar-refractivity contribution in [1.29, 1.82) is 0 Å². The molecule has 6 heteroatoms. The molecule has 0 aliphatic rings. The van der Waals surface area contributed by atoms with Gasteiger partial charge in [0.2, 0.25) is 0 Å². The lowest BCUT2D eigenvalue weighted by atomic mass is 10.00. The number of nitrogens with zero attached hydrogens (tertiary/aromatic N) is 1. The van der Waals surface area contributed by atoms with Crippen molar-refractivity contribution in [1.82, 2.24) is 0 Å². The lowest BCUT2D eigenvalue weighted by Crippen LogP contribution is -2.33. The van der Waals surface area contributed by atoms with Crippen molar-refractivity contribution in [2.75, 3.05) is 30.5 Å². The summed E-state index contributed by atoms with van der Waals surface area (Å²) in [6.07, 6.45) is 0.374. The Morgan fingerprint density at radius 3 is 2.04 bits per heavy atom. The zero-order chi connectivity index (χ0) is 31.4. The van der Waals surface area contributed by atoms with Crippen LogP contribution in [0.25, 0.3) is 0 Å². The lowest BCUT2D eigenvalue weighted by Gasteiger charge is -2.25. The molecule has 228 valence electrons. The second kappa shape index (κ2) is 15.4. The Labute approximate surface area is 265 Å². The highest BCUT2D eigenvalue weighted by molar-refractivity contribution is 6.12. The fourth-order valence-corrected chi connectivity index (χ4v) is 5.16. The molecule has 0 aliphatic heterocycles. The monoisotopic (exact) mass is 598 g/mol. The minimum absolute atomic E-state index is 0.117. The smallest absolute Gasteiger partial charge is 0.328 e. The number of ether oxygens (including phenoxy) is 2. The molecule has 1 N–H and O–H groups in total. The molecule has 0 aromatic heterocycles. The van der Waals surface area contributed by atoms with Crippen LogP contribution in [0.2, 0.25) is 0 Å². The number of ketones is 1. The Morgan fingerprint density at radius 2 is 1.36 bits per heavy atom. The van der Waals surface area contributed by atoms with Gasteiger partial charge in [-0.3, -0.25) is 4.79 Å². The molecule has 0 bridgehead atoms. The summed E-state index contributed by atoms with van der Waals surface area (Å²) in [7, 11) is 1.37. The Kier molecular flexibility index (Phi) is 10.6. The minimum Gasteiger partial charge on any atom is -0.492 e. The molecule has 0 heterocycles. The maximum absolute atomic E-state index is 13.2. The van der Waals surface area contributed by atoms with E-state index in [2.05, 4.69) is 53.5 Å². The average molecular weight is 599 g/mol. The van der Waals surface area contributed by atoms with Gasteiger partial charge < -0.3 is 19.7 Å². The first kappa shape index (κ1) is 31.1. The molecule has 0 saturated heterocycles. The first-order chi connectivity index (χ1) is 22.0. The predicted octanol–water partition coefficient (Wildman–Crippen LogP) is 7.51. The molecule has 0 saturated carbocycles. The van der Waals surface area contributed by atoms with E-state index in [-0.39, 0.29) is 5.78 Å². The zero-order valence-electron chi connectivity index (χ0n) is 25.7. The highest BCUT2D eigenvalue weighted by atomic mass is 16.5. The number of carbonyl (C=O) groups is 2. The number of carbonyl (C=O) groups excluding carboxylic acids is 2. The minimum atomic E-state index is -0.687. The van der Waals surface area contributed by atoms with Gasteiger partial charge in [0, 0.05) is 35.5 Å². The number of anilines is 2. The maximum atomic E-state index is 13.2. The van der Waals surface area contributed by atoms with Gasteiger partial charge in [0.1, 0.15) is 18.4 Å². The highest BCUT2D eigenvalue weighted by Gasteiger charge is 2.22. The molecule has 0 radical (unpaired) electrons. The molecule has 0 amide bonds. The van der Waals surface area contributed by atoms with Crippen LogP contribution in [0.1, 0.15) is 32.6 Å². The highest BCUT2D eigenvalue weighted by Crippen LogP contribution is 2.23. The number of rotatable bonds is 14. The van der Waals surface area contributed by atoms with Crippen molar-refractivity contribution in [3.05, 3.63) is 161 Å². The van der Waals surface area contributed by atoms with Crippen LogP contribution in [0, 0.1) is 6.92 Å². The summed E-state index contributed by atoms with van der Waals surface area (Å²) in [5.41, 5.74) is 6.22. The molecule has 5 aromatic rings. The molecular weight excluding hydrogens is 560 g/mol. The van der Waals surface area contributed by atoms with Crippen molar-refractivity contribution in [3.63, 3.8) is 0 Å². The second-order valence-corrected chi connectivity index (χ2v) is 10.9. The van der Waals surface area contributed by atoms with Crippen molar-refractivity contribution in [2.45, 2.75) is 25.9 Å². The summed E-state index contributed by atoms with van der Waals surface area (Å²) in [5, 5.41) is 3.27. The third-order valence-corrected chi connectivity index (χ3v) is 7.63. The third-order valence-electron chi connectivity index (χ3n) is 7.63. The average Bonchev–Trinajstić information content (AvgIpc) is 3.09. The molecular formula is C39H38N2O4. The van der Waals surface area contributed by atoms with Crippen LogP contribution in [0.3, 0.4) is 0 Å². The van der Waals surface area contributed by atoms with Crippen molar-refractivity contribution in [3.8, 4) is 5.75 Å². The van der Waals surface area contributed by atoms with E-state index >= 15 is 0 Å². The third kappa shape index (κ3) is 8.61. The predicted molar refractivity (Wildman–Crippen MR) is 180 cm³/mol. The van der Waals surface area contributed by atoms with E-state index < -0.39 is 12.0 Å². The van der Waals surface area contributed by atoms with Gasteiger partial charge in [-0.15, -0.1) is 0 Å². The zero-order valence-corrected chi connectivity index (χ0v) is 25.7. The summed E-state index contributed by atoms with van der Waals surface area (Å²) in [6, 6.07) is 42.3. The summed E-state index contributed by atoms with van der Waals surface area (Å²) in [6.45, 7) is 4.11. The van der Waals surface area contributed by atoms with Crippen LogP contribution in [0.15, 0.2) is 133 Å². The summed E-state index contributed by atoms with van der Waals surface area (Å²) >= 11 is 0. The second-order valence-electron chi connectivity index (χ2n) is 10.9. The first-order valence-electron chi connectivity index (χ1n) is 15.1. The van der Waals surface area contributed by atoms with E-state index in [1.807, 2.05) is 72.8 Å². The molecule has 0 aliphatic carbocycles. The lowest BCUT2D eigenvalue weighted by molar-refractivity contribution is -0.141. The van der Waals surface area contributed by atoms with E-state index in [4.69, 9.17) is 9.47 Å². The van der Waals surface area contributed by atoms with Gasteiger partial charge in [-0.25, -0.2) is 4.79 Å². The number of hydrogen-bond acceptors (Lipinski definition) is 6. The van der Waals surface area contributed by atoms with Gasteiger partial charge >= 0.3 is 5.97 Å². The molecule has 6 nitrogen and oxygen atoms in total. The van der Waals surface area contributed by atoms with Gasteiger partial charge in [0.25, 0.3) is 0 Å². The maximum Gasteiger partial charge on any atom is 0.328 e. The summed E-state index contributed by atoms with van der Waals surface area (Å²) < 4.78 is 11.2. The molecule has 5 rings (SSSR count). The Morgan fingerprint density at radius 1 is 0.733 bits per heavy atom. The number of methoxy groups -OCH3 is 1. The largest absolute Gasteiger partial charge is 0.492 e. The van der Waals surface area contributed by atoms with Crippen molar-refractivity contribution in [2.24, 2.45) is 0 Å². The fourth-order valence-electron chi connectivity index (χ4n) is 5.16. The number of esters is 1. The molecule has 0 unspecified atom stereocenters. The Bertz CT molecular complexity index is 1670. The van der Waals surface area contributed by atoms with E-state index in [0.29, 0.717) is 29.8 Å². The van der Waals surface area contributed by atoms with Crippen LogP contribution >= 0.6 is 0 Å². The SMILES string of the molecule is COC(=O)[C@H](Cc1ccc(OCCN(Cc2ccc(C)cc2)c2ccccc2)cc1)Nc1ccccc1C(=O)c1ccccc1. The molecule has 1 atom stereocenters. The molecule has 5 aromatic carbocycles. The van der Waals surface area contributed by atoms with Crippen LogP contribution in [0.4, 0.5) is 11.4 Å². The number of para-hydroxylation sites is 2. The normalized spacial score (nSPS) is 11.3. The summed E-state index contributed by atoms with van der Waals surface area (Å²) in [5.74, 6) is 0.226. The molecule has 0 fully saturated rings. The van der Waals surface area contributed by atoms with Gasteiger partial charge in [-0.1, -0.05) is 103 Å². The van der Waals surface area contributed by atoms with Crippen LogP contribution in [0.5, 0.6) is 5.75 Å². The number of nitrogens with one attached hydrogen (secondary N) is 1. The quantitative estimate of drug-likeness (QED) is 0.105. The first-order valence-corrected chi connectivity index (χ1v) is 15.1. The van der Waals surface area contributed by atoms with Gasteiger partial charge in [0.05, 0.1) is 13.7 Å².